The van der Waals surface area contributed by atoms with Gasteiger partial charge in [0, 0.05) is 44.3 Å². The number of thiazole rings is 1. The zero-order valence-electron chi connectivity index (χ0n) is 11.9. The highest BCUT2D eigenvalue weighted by Crippen LogP contribution is 2.27. The number of anilines is 1. The Morgan fingerprint density at radius 1 is 1.52 bits per heavy atom. The van der Waals surface area contributed by atoms with E-state index in [0.29, 0.717) is 0 Å². The van der Waals surface area contributed by atoms with Gasteiger partial charge in [0.1, 0.15) is 0 Å². The lowest BCUT2D eigenvalue weighted by molar-refractivity contribution is 0.197. The minimum absolute atomic E-state index is 0.0703. The van der Waals surface area contributed by atoms with Crippen molar-refractivity contribution in [1.82, 2.24) is 24.9 Å². The fraction of sp³-hybridized carbons (Fsp3) is 0.538. The molecule has 1 unspecified atom stereocenters. The molecule has 1 atom stereocenters. The molecular weight excluding hydrogens is 288 g/mol. The Labute approximate surface area is 126 Å². The molecule has 2 aromatic heterocycles. The summed E-state index contributed by atoms with van der Waals surface area (Å²) in [6, 6.07) is 0.328. The van der Waals surface area contributed by atoms with E-state index in [9.17, 15) is 4.79 Å². The summed E-state index contributed by atoms with van der Waals surface area (Å²) < 4.78 is 2.15. The van der Waals surface area contributed by atoms with Gasteiger partial charge in [-0.3, -0.25) is 4.40 Å². The van der Waals surface area contributed by atoms with Crippen LogP contribution in [0.2, 0.25) is 0 Å². The van der Waals surface area contributed by atoms with Crippen LogP contribution in [-0.2, 0) is 6.54 Å². The maximum Gasteiger partial charge on any atom is 0.317 e. The molecule has 0 spiro atoms. The molecule has 7 nitrogen and oxygen atoms in total. The first-order chi connectivity index (χ1) is 10.3. The van der Waals surface area contributed by atoms with E-state index < -0.39 is 0 Å². The van der Waals surface area contributed by atoms with Crippen LogP contribution in [-0.4, -0.2) is 59.6 Å². The molecule has 2 amide bonds. The number of nitrogens with one attached hydrogen (secondary N) is 2. The van der Waals surface area contributed by atoms with Crippen molar-refractivity contribution in [1.29, 1.82) is 0 Å². The molecule has 2 N–H and O–H groups in total. The van der Waals surface area contributed by atoms with E-state index in [0.717, 1.165) is 43.5 Å². The molecule has 0 aromatic carbocycles. The molecule has 2 aliphatic heterocycles. The molecule has 2 aromatic rings. The van der Waals surface area contributed by atoms with Crippen molar-refractivity contribution < 1.29 is 4.79 Å². The Balaban J connectivity index is 1.65. The predicted molar refractivity (Wildman–Crippen MR) is 81.9 cm³/mol. The lowest BCUT2D eigenvalue weighted by Crippen LogP contribution is -2.52. The van der Waals surface area contributed by atoms with Crippen LogP contribution in [0.1, 0.15) is 5.69 Å². The molecule has 112 valence electrons. The second-order valence-corrected chi connectivity index (χ2v) is 6.32. The third kappa shape index (κ3) is 1.97. The van der Waals surface area contributed by atoms with Crippen molar-refractivity contribution in [3.63, 3.8) is 0 Å². The first kappa shape index (κ1) is 12.9. The molecule has 8 heteroatoms. The molecule has 0 saturated carbocycles. The van der Waals surface area contributed by atoms with E-state index in [-0.39, 0.29) is 12.1 Å². The number of rotatable bonds is 3. The molecule has 2 fully saturated rings. The van der Waals surface area contributed by atoms with Gasteiger partial charge in [-0.25, -0.2) is 9.78 Å². The summed E-state index contributed by atoms with van der Waals surface area (Å²) in [6.45, 7) is 3.97. The van der Waals surface area contributed by atoms with Crippen LogP contribution in [0.5, 0.6) is 0 Å². The fourth-order valence-corrected chi connectivity index (χ4v) is 3.93. The number of carbonyl (C=O) groups is 1. The molecule has 21 heavy (non-hydrogen) atoms. The topological polar surface area (TPSA) is 64.9 Å². The Bertz CT molecular complexity index is 679. The number of hydrogen-bond acceptors (Lipinski definition) is 5. The third-order valence-corrected chi connectivity index (χ3v) is 4.97. The summed E-state index contributed by atoms with van der Waals surface area (Å²) >= 11 is 1.65. The maximum absolute atomic E-state index is 11.7. The molecule has 2 aliphatic rings. The number of carbonyl (C=O) groups excluding carboxylic acids is 1. The van der Waals surface area contributed by atoms with Crippen LogP contribution >= 0.6 is 11.3 Å². The number of aromatic nitrogens is 2. The Morgan fingerprint density at radius 3 is 3.29 bits per heavy atom. The van der Waals surface area contributed by atoms with E-state index in [1.165, 1.54) is 5.69 Å². The summed E-state index contributed by atoms with van der Waals surface area (Å²) in [4.78, 5) is 21.8. The van der Waals surface area contributed by atoms with E-state index in [1.54, 1.807) is 11.3 Å². The maximum atomic E-state index is 11.7. The van der Waals surface area contributed by atoms with Gasteiger partial charge in [-0.1, -0.05) is 0 Å². The quantitative estimate of drug-likeness (QED) is 0.858. The first-order valence-electron chi connectivity index (χ1n) is 7.16. The molecule has 4 heterocycles. The number of imidazole rings is 1. The standard InChI is InChI=1S/C13H18N6OS/c1-14-7-10-11(16-13-19(10)4-5-21-13)17-2-3-18-9(8-17)6-15-12(18)20/h4-5,9,14H,2-3,6-8H2,1H3,(H,15,20). The van der Waals surface area contributed by atoms with Gasteiger partial charge in [-0.05, 0) is 7.05 Å². The van der Waals surface area contributed by atoms with Gasteiger partial charge in [-0.2, -0.15) is 0 Å². The van der Waals surface area contributed by atoms with Gasteiger partial charge in [0.2, 0.25) is 0 Å². The Morgan fingerprint density at radius 2 is 2.43 bits per heavy atom. The van der Waals surface area contributed by atoms with Gasteiger partial charge in [0.15, 0.2) is 10.8 Å². The summed E-state index contributed by atoms with van der Waals surface area (Å²) in [5, 5.41) is 8.20. The van der Waals surface area contributed by atoms with Crippen molar-refractivity contribution in [2.24, 2.45) is 0 Å². The second-order valence-electron chi connectivity index (χ2n) is 5.45. The van der Waals surface area contributed by atoms with Gasteiger partial charge in [0.05, 0.1) is 11.7 Å². The van der Waals surface area contributed by atoms with Crippen LogP contribution < -0.4 is 15.5 Å². The first-order valence-corrected chi connectivity index (χ1v) is 8.04. The van der Waals surface area contributed by atoms with E-state index in [2.05, 4.69) is 31.5 Å². The van der Waals surface area contributed by atoms with Crippen LogP contribution in [0, 0.1) is 0 Å². The number of piperazine rings is 1. The molecule has 2 saturated heterocycles. The Hall–Kier alpha value is -1.80. The zero-order chi connectivity index (χ0) is 14.4. The Kier molecular flexibility index (Phi) is 3.00. The van der Waals surface area contributed by atoms with Crippen LogP contribution in [0.15, 0.2) is 11.6 Å². The highest BCUT2D eigenvalue weighted by atomic mass is 32.1. The van der Waals surface area contributed by atoms with E-state index >= 15 is 0 Å². The lowest BCUT2D eigenvalue weighted by atomic mass is 10.2. The smallest absolute Gasteiger partial charge is 0.317 e. The number of fused-ring (bicyclic) bond motifs is 2. The monoisotopic (exact) mass is 306 g/mol. The van der Waals surface area contributed by atoms with Crippen molar-refractivity contribution >= 4 is 28.1 Å². The summed E-state index contributed by atoms with van der Waals surface area (Å²) in [6.07, 6.45) is 2.07. The number of hydrogen-bond donors (Lipinski definition) is 2. The minimum atomic E-state index is 0.0703. The lowest BCUT2D eigenvalue weighted by Gasteiger charge is -2.37. The van der Waals surface area contributed by atoms with Crippen molar-refractivity contribution in [3.05, 3.63) is 17.3 Å². The van der Waals surface area contributed by atoms with Gasteiger partial charge >= 0.3 is 6.03 Å². The zero-order valence-corrected chi connectivity index (χ0v) is 12.7. The summed E-state index contributed by atoms with van der Waals surface area (Å²) in [7, 11) is 1.95. The molecule has 0 radical (unpaired) electrons. The molecule has 0 bridgehead atoms. The molecule has 0 aliphatic carbocycles. The predicted octanol–water partition coefficient (Wildman–Crippen LogP) is 0.329. The van der Waals surface area contributed by atoms with Gasteiger partial charge < -0.3 is 20.4 Å². The second kappa shape index (κ2) is 4.88. The number of nitrogens with zero attached hydrogens (tertiary/aromatic N) is 4. The normalized spacial score (nSPS) is 22.0. The van der Waals surface area contributed by atoms with Crippen molar-refractivity contribution in [2.75, 3.05) is 38.1 Å². The van der Waals surface area contributed by atoms with E-state index in [4.69, 9.17) is 4.98 Å². The molecule has 4 rings (SSSR count). The fourth-order valence-electron chi connectivity index (χ4n) is 3.20. The minimum Gasteiger partial charge on any atom is -0.351 e. The van der Waals surface area contributed by atoms with Crippen LogP contribution in [0.3, 0.4) is 0 Å². The summed E-state index contributed by atoms with van der Waals surface area (Å²) in [5.41, 5.74) is 1.19. The van der Waals surface area contributed by atoms with Crippen molar-refractivity contribution in [3.8, 4) is 0 Å². The largest absolute Gasteiger partial charge is 0.351 e. The highest BCUT2D eigenvalue weighted by Gasteiger charge is 2.36. The number of amides is 2. The molecular formula is C13H18N6OS. The summed E-state index contributed by atoms with van der Waals surface area (Å²) in [5.74, 6) is 1.05. The number of urea groups is 1. The van der Waals surface area contributed by atoms with Crippen molar-refractivity contribution in [2.45, 2.75) is 12.6 Å². The highest BCUT2D eigenvalue weighted by molar-refractivity contribution is 7.15. The third-order valence-electron chi connectivity index (χ3n) is 4.22. The van der Waals surface area contributed by atoms with E-state index in [1.807, 2.05) is 11.9 Å². The van der Waals surface area contributed by atoms with Gasteiger partial charge in [-0.15, -0.1) is 11.3 Å². The SMILES string of the molecule is CNCc1c(N2CCN3C(=O)NCC3C2)nc2sccn12. The average molecular weight is 306 g/mol. The average Bonchev–Trinajstić information content (AvgIpc) is 3.16. The van der Waals surface area contributed by atoms with Gasteiger partial charge in [0.25, 0.3) is 0 Å². The van der Waals surface area contributed by atoms with Crippen LogP contribution in [0.25, 0.3) is 4.96 Å². The van der Waals surface area contributed by atoms with Crippen LogP contribution in [0.4, 0.5) is 10.6 Å².